The van der Waals surface area contributed by atoms with Crippen LogP contribution in [0.3, 0.4) is 0 Å². The molecule has 2 atom stereocenters. The molecule has 16 heteroatoms. The van der Waals surface area contributed by atoms with Crippen LogP contribution in [0.2, 0.25) is 0 Å². The van der Waals surface area contributed by atoms with Crippen molar-refractivity contribution in [1.29, 1.82) is 0 Å². The fraction of sp³-hybridized carbons (Fsp3) is 0.439. The van der Waals surface area contributed by atoms with Gasteiger partial charge >= 0.3 is 18.2 Å². The maximum absolute atomic E-state index is 13.7. The minimum atomic E-state index is -1.31. The third-order valence-corrected chi connectivity index (χ3v) is 8.54. The third kappa shape index (κ3) is 15.9. The molecule has 3 rings (SSSR count). The van der Waals surface area contributed by atoms with Crippen molar-refractivity contribution in [2.75, 3.05) is 25.5 Å². The molecule has 0 radical (unpaired) electrons. The van der Waals surface area contributed by atoms with Gasteiger partial charge in [0.1, 0.15) is 23.3 Å². The predicted octanol–water partition coefficient (Wildman–Crippen LogP) is 6.18. The number of nitrogens with one attached hydrogen (secondary N) is 5. The van der Waals surface area contributed by atoms with Crippen LogP contribution in [0.1, 0.15) is 94.4 Å². The van der Waals surface area contributed by atoms with Gasteiger partial charge in [-0.15, -0.1) is 0 Å². The number of ketones is 1. The summed E-state index contributed by atoms with van der Waals surface area (Å²) in [6.45, 7) is 10.7. The van der Waals surface area contributed by atoms with E-state index in [0.29, 0.717) is 22.9 Å². The van der Waals surface area contributed by atoms with E-state index in [0.717, 1.165) is 17.9 Å². The molecule has 3 aromatic carbocycles. The number of carbonyl (C=O) groups is 7. The highest BCUT2D eigenvalue weighted by atomic mass is 79.9. The molecule has 57 heavy (non-hydrogen) atoms. The summed E-state index contributed by atoms with van der Waals surface area (Å²) < 4.78 is 15.8. The van der Waals surface area contributed by atoms with Crippen molar-refractivity contribution in [1.82, 2.24) is 21.3 Å². The van der Waals surface area contributed by atoms with Crippen LogP contribution in [0, 0.1) is 0 Å². The number of halogens is 1. The van der Waals surface area contributed by atoms with E-state index >= 15 is 0 Å². The van der Waals surface area contributed by atoms with Crippen molar-refractivity contribution < 1.29 is 47.8 Å². The van der Waals surface area contributed by atoms with Crippen LogP contribution in [-0.2, 0) is 28.6 Å². The van der Waals surface area contributed by atoms with E-state index in [-0.39, 0.29) is 43.6 Å². The van der Waals surface area contributed by atoms with Crippen LogP contribution in [0.4, 0.5) is 15.3 Å². The molecular weight excluding hydrogens is 802 g/mol. The van der Waals surface area contributed by atoms with E-state index in [1.807, 2.05) is 24.3 Å². The number of esters is 1. The van der Waals surface area contributed by atoms with Gasteiger partial charge in [0.05, 0.1) is 18.4 Å². The normalized spacial score (nSPS) is 12.4. The maximum atomic E-state index is 13.7. The highest BCUT2D eigenvalue weighted by molar-refractivity contribution is 9.10. The Labute approximate surface area is 340 Å². The molecule has 5 amide bonds. The number of ether oxygens (including phenoxy) is 3. The highest BCUT2D eigenvalue weighted by Gasteiger charge is 2.30. The lowest BCUT2D eigenvalue weighted by atomic mass is 10.0. The lowest BCUT2D eigenvalue weighted by Gasteiger charge is -2.23. The van der Waals surface area contributed by atoms with E-state index in [1.54, 1.807) is 65.8 Å². The first-order chi connectivity index (χ1) is 26.8. The second kappa shape index (κ2) is 21.1. The zero-order valence-corrected chi connectivity index (χ0v) is 34.9. The first kappa shape index (κ1) is 45.9. The first-order valence-electron chi connectivity index (χ1n) is 18.5. The van der Waals surface area contributed by atoms with E-state index in [2.05, 4.69) is 42.5 Å². The molecule has 3 aromatic rings. The molecule has 0 heterocycles. The fourth-order valence-electron chi connectivity index (χ4n) is 5.41. The zero-order valence-electron chi connectivity index (χ0n) is 33.3. The van der Waals surface area contributed by atoms with Crippen LogP contribution in [-0.4, -0.2) is 85.1 Å². The number of benzene rings is 3. The standard InChI is InChI=1S/C41H52BrN5O10/c1-40(2,3)56-38(53)43-21-11-10-15-31(35(50)47-32(37(52)55-7)16-12-22-44-39(54)57-41(4,5)6)46-36(51)33(48)29-24-28(42)19-20-30(29)45-34(49)27-18-17-25-13-8-9-14-26(25)23-27/h8-9,13-14,17-20,23-24,31-32H,10-12,15-16,21-22H2,1-7H3,(H,43,53)(H,44,54)(H,45,49)(H,46,51)(H,47,50). The summed E-state index contributed by atoms with van der Waals surface area (Å²) in [5, 5.41) is 14.8. The molecule has 0 aromatic heterocycles. The minimum Gasteiger partial charge on any atom is -0.467 e. The van der Waals surface area contributed by atoms with Gasteiger partial charge in [0.15, 0.2) is 0 Å². The van der Waals surface area contributed by atoms with Gasteiger partial charge in [0, 0.05) is 23.1 Å². The van der Waals surface area contributed by atoms with Gasteiger partial charge < -0.3 is 40.8 Å². The van der Waals surface area contributed by atoms with Crippen molar-refractivity contribution in [3.8, 4) is 0 Å². The Morgan fingerprint density at radius 1 is 0.684 bits per heavy atom. The number of hydrogen-bond acceptors (Lipinski definition) is 10. The highest BCUT2D eigenvalue weighted by Crippen LogP contribution is 2.24. The Kier molecular flexibility index (Phi) is 17.0. The largest absolute Gasteiger partial charge is 0.467 e. The van der Waals surface area contributed by atoms with E-state index < -0.39 is 64.9 Å². The molecular formula is C41H52BrN5O10. The average molecular weight is 855 g/mol. The summed E-state index contributed by atoms with van der Waals surface area (Å²) in [5.74, 6) is -4.22. The van der Waals surface area contributed by atoms with E-state index in [9.17, 15) is 33.6 Å². The summed E-state index contributed by atoms with van der Waals surface area (Å²) in [5.41, 5.74) is -1.14. The quantitative estimate of drug-likeness (QED) is 0.0343. The Morgan fingerprint density at radius 2 is 1.28 bits per heavy atom. The van der Waals surface area contributed by atoms with Crippen molar-refractivity contribution in [2.45, 2.75) is 96.9 Å². The molecule has 0 bridgehead atoms. The van der Waals surface area contributed by atoms with Gasteiger partial charge in [0.25, 0.3) is 17.6 Å². The summed E-state index contributed by atoms with van der Waals surface area (Å²) in [6.07, 6.45) is -0.256. The van der Waals surface area contributed by atoms with Crippen molar-refractivity contribution in [3.05, 3.63) is 76.3 Å². The molecule has 15 nitrogen and oxygen atoms in total. The van der Waals surface area contributed by atoms with Crippen LogP contribution in [0.15, 0.2) is 65.1 Å². The smallest absolute Gasteiger partial charge is 0.407 e. The second-order valence-corrected chi connectivity index (χ2v) is 16.1. The SMILES string of the molecule is COC(=O)C(CCCNC(=O)OC(C)(C)C)NC(=O)C(CCCCNC(=O)OC(C)(C)C)NC(=O)C(=O)c1cc(Br)ccc1NC(=O)c1ccc2ccccc2c1. The minimum absolute atomic E-state index is 0.0129. The van der Waals surface area contributed by atoms with Crippen molar-refractivity contribution in [3.63, 3.8) is 0 Å². The molecule has 2 unspecified atom stereocenters. The fourth-order valence-corrected chi connectivity index (χ4v) is 5.77. The van der Waals surface area contributed by atoms with Crippen LogP contribution >= 0.6 is 15.9 Å². The number of amides is 5. The summed E-state index contributed by atoms with van der Waals surface area (Å²) in [7, 11) is 1.16. The molecule has 0 aliphatic carbocycles. The second-order valence-electron chi connectivity index (χ2n) is 15.1. The number of unbranched alkanes of at least 4 members (excludes halogenated alkanes) is 1. The zero-order chi connectivity index (χ0) is 42.3. The lowest BCUT2D eigenvalue weighted by Crippen LogP contribution is -2.53. The summed E-state index contributed by atoms with van der Waals surface area (Å²) in [6, 6.07) is 14.7. The van der Waals surface area contributed by atoms with Gasteiger partial charge in [-0.2, -0.15) is 0 Å². The Balaban J connectivity index is 1.76. The van der Waals surface area contributed by atoms with Gasteiger partial charge in [-0.05, 0) is 115 Å². The molecule has 0 fully saturated rings. The van der Waals surface area contributed by atoms with Crippen LogP contribution < -0.4 is 26.6 Å². The molecule has 0 saturated heterocycles. The van der Waals surface area contributed by atoms with Crippen LogP contribution in [0.25, 0.3) is 10.8 Å². The number of alkyl carbamates (subject to hydrolysis) is 2. The van der Waals surface area contributed by atoms with Gasteiger partial charge in [-0.25, -0.2) is 14.4 Å². The number of fused-ring (bicyclic) bond motifs is 1. The molecule has 0 aliphatic heterocycles. The van der Waals surface area contributed by atoms with Crippen molar-refractivity contribution >= 4 is 74.1 Å². The average Bonchev–Trinajstić information content (AvgIpc) is 3.13. The number of anilines is 1. The number of Topliss-reactive ketones (excluding diaryl/α,β-unsaturated/α-hetero) is 1. The van der Waals surface area contributed by atoms with E-state index in [4.69, 9.17) is 14.2 Å². The van der Waals surface area contributed by atoms with Gasteiger partial charge in [-0.3, -0.25) is 19.2 Å². The Morgan fingerprint density at radius 3 is 1.89 bits per heavy atom. The maximum Gasteiger partial charge on any atom is 0.407 e. The monoisotopic (exact) mass is 853 g/mol. The number of carbonyl (C=O) groups excluding carboxylic acids is 7. The molecule has 0 spiro atoms. The summed E-state index contributed by atoms with van der Waals surface area (Å²) in [4.78, 5) is 91.2. The van der Waals surface area contributed by atoms with Gasteiger partial charge in [-0.1, -0.05) is 46.3 Å². The van der Waals surface area contributed by atoms with Gasteiger partial charge in [0.2, 0.25) is 5.91 Å². The number of rotatable bonds is 17. The lowest BCUT2D eigenvalue weighted by molar-refractivity contribution is -0.145. The predicted molar refractivity (Wildman–Crippen MR) is 218 cm³/mol. The Bertz CT molecular complexity index is 1940. The topological polar surface area (TPSA) is 207 Å². The molecule has 0 aliphatic rings. The number of hydrogen-bond donors (Lipinski definition) is 5. The molecule has 0 saturated carbocycles. The Hall–Kier alpha value is -5.51. The van der Waals surface area contributed by atoms with Crippen LogP contribution in [0.5, 0.6) is 0 Å². The van der Waals surface area contributed by atoms with E-state index in [1.165, 1.54) is 12.1 Å². The number of methoxy groups -OCH3 is 1. The molecule has 308 valence electrons. The third-order valence-electron chi connectivity index (χ3n) is 8.04. The first-order valence-corrected chi connectivity index (χ1v) is 19.3. The summed E-state index contributed by atoms with van der Waals surface area (Å²) >= 11 is 3.32. The van der Waals surface area contributed by atoms with Crippen molar-refractivity contribution in [2.24, 2.45) is 0 Å². The molecule has 5 N–H and O–H groups in total.